The fourth-order valence-corrected chi connectivity index (χ4v) is 6.73. The van der Waals surface area contributed by atoms with Gasteiger partial charge in [-0.3, -0.25) is 0 Å². The Bertz CT molecular complexity index is 1000. The maximum Gasteiger partial charge on any atom is 0.137 e. The first kappa shape index (κ1) is 19.0. The molecule has 1 aliphatic carbocycles. The standard InChI is InChI=1S/C24H31N5S/c1-2-11-29(10-1)18-7-5-16(6-8-18)17-12-19-20(14-27-23(19)26-13-17)22-15-30-24(28-22)21-4-3-9-25-21/h12-16,18,21,25H,1-11H2,(H,26,27). The number of rotatable bonds is 4. The van der Waals surface area contributed by atoms with Crippen LogP contribution >= 0.6 is 11.3 Å². The van der Waals surface area contributed by atoms with Crippen LogP contribution < -0.4 is 5.32 Å². The molecule has 0 amide bonds. The highest BCUT2D eigenvalue weighted by atomic mass is 32.1. The number of aromatic nitrogens is 3. The fraction of sp³-hybridized carbons (Fsp3) is 0.583. The predicted molar refractivity (Wildman–Crippen MR) is 123 cm³/mol. The van der Waals surface area contributed by atoms with E-state index in [1.165, 1.54) is 86.0 Å². The van der Waals surface area contributed by atoms with Crippen LogP contribution in [0.4, 0.5) is 0 Å². The number of H-pyrrole nitrogens is 1. The van der Waals surface area contributed by atoms with Crippen LogP contribution in [0.5, 0.6) is 0 Å². The summed E-state index contributed by atoms with van der Waals surface area (Å²) in [5, 5.41) is 8.23. The summed E-state index contributed by atoms with van der Waals surface area (Å²) in [6.45, 7) is 3.75. The largest absolute Gasteiger partial charge is 0.345 e. The Morgan fingerprint density at radius 3 is 2.70 bits per heavy atom. The van der Waals surface area contributed by atoms with Crippen molar-refractivity contribution < 1.29 is 0 Å². The molecule has 3 aromatic heterocycles. The van der Waals surface area contributed by atoms with E-state index in [0.29, 0.717) is 12.0 Å². The lowest BCUT2D eigenvalue weighted by atomic mass is 9.81. The molecule has 2 saturated heterocycles. The minimum atomic E-state index is 0.438. The maximum atomic E-state index is 4.98. The van der Waals surface area contributed by atoms with Gasteiger partial charge in [0.2, 0.25) is 0 Å². The lowest BCUT2D eigenvalue weighted by Crippen LogP contribution is -2.35. The number of pyridine rings is 1. The van der Waals surface area contributed by atoms with Crippen LogP contribution in [0.3, 0.4) is 0 Å². The zero-order valence-electron chi connectivity index (χ0n) is 17.6. The average Bonchev–Trinajstić information content (AvgIpc) is 3.59. The van der Waals surface area contributed by atoms with Gasteiger partial charge in [0.15, 0.2) is 0 Å². The summed E-state index contributed by atoms with van der Waals surface area (Å²) in [6, 6.07) is 3.65. The minimum Gasteiger partial charge on any atom is -0.345 e. The van der Waals surface area contributed by atoms with E-state index in [2.05, 4.69) is 39.0 Å². The van der Waals surface area contributed by atoms with Crippen LogP contribution in [-0.2, 0) is 0 Å². The van der Waals surface area contributed by atoms with Crippen LogP contribution in [0.15, 0.2) is 23.8 Å². The zero-order chi connectivity index (χ0) is 19.9. The molecule has 6 rings (SSSR count). The molecule has 5 nitrogen and oxygen atoms in total. The second-order valence-electron chi connectivity index (χ2n) is 9.34. The Balaban J connectivity index is 1.22. The van der Waals surface area contributed by atoms with Crippen molar-refractivity contribution in [1.29, 1.82) is 0 Å². The Labute approximate surface area is 182 Å². The Morgan fingerprint density at radius 1 is 1.03 bits per heavy atom. The van der Waals surface area contributed by atoms with E-state index in [9.17, 15) is 0 Å². The van der Waals surface area contributed by atoms with E-state index in [1.807, 2.05) is 0 Å². The molecule has 0 bridgehead atoms. The molecule has 1 saturated carbocycles. The first-order valence-electron chi connectivity index (χ1n) is 11.8. The van der Waals surface area contributed by atoms with E-state index in [0.717, 1.165) is 23.9 Å². The van der Waals surface area contributed by atoms with Gasteiger partial charge in [0, 0.05) is 34.8 Å². The van der Waals surface area contributed by atoms with E-state index in [-0.39, 0.29) is 0 Å². The normalized spacial score (nSPS) is 27.9. The van der Waals surface area contributed by atoms with Gasteiger partial charge >= 0.3 is 0 Å². The van der Waals surface area contributed by atoms with Crippen molar-refractivity contribution in [2.24, 2.45) is 0 Å². The molecule has 1 atom stereocenters. The second-order valence-corrected chi connectivity index (χ2v) is 10.2. The molecule has 0 spiro atoms. The number of aromatic amines is 1. The number of hydrogen-bond donors (Lipinski definition) is 2. The average molecular weight is 422 g/mol. The molecule has 2 N–H and O–H groups in total. The topological polar surface area (TPSA) is 56.8 Å². The maximum absolute atomic E-state index is 4.98. The summed E-state index contributed by atoms with van der Waals surface area (Å²) in [7, 11) is 0. The summed E-state index contributed by atoms with van der Waals surface area (Å²) in [5.41, 5.74) is 4.68. The summed E-state index contributed by atoms with van der Waals surface area (Å²) in [6.07, 6.45) is 14.7. The van der Waals surface area contributed by atoms with Crippen molar-refractivity contribution in [3.8, 4) is 11.3 Å². The van der Waals surface area contributed by atoms with E-state index >= 15 is 0 Å². The fourth-order valence-electron chi connectivity index (χ4n) is 5.80. The third kappa shape index (κ3) is 3.49. The zero-order valence-corrected chi connectivity index (χ0v) is 18.4. The number of thiazole rings is 1. The number of fused-ring (bicyclic) bond motifs is 1. The number of nitrogens with one attached hydrogen (secondary N) is 2. The van der Waals surface area contributed by atoms with Crippen LogP contribution in [0.2, 0.25) is 0 Å². The van der Waals surface area contributed by atoms with Crippen molar-refractivity contribution >= 4 is 22.4 Å². The molecule has 158 valence electrons. The van der Waals surface area contributed by atoms with Crippen molar-refractivity contribution in [3.05, 3.63) is 34.4 Å². The van der Waals surface area contributed by atoms with Crippen molar-refractivity contribution in [3.63, 3.8) is 0 Å². The van der Waals surface area contributed by atoms with Crippen molar-refractivity contribution in [2.45, 2.75) is 69.4 Å². The van der Waals surface area contributed by atoms with Gasteiger partial charge in [-0.2, -0.15) is 0 Å². The molecular weight excluding hydrogens is 390 g/mol. The van der Waals surface area contributed by atoms with Gasteiger partial charge in [0.25, 0.3) is 0 Å². The Hall–Kier alpha value is -1.76. The molecule has 3 aliphatic rings. The Kier molecular flexibility index (Phi) is 5.10. The van der Waals surface area contributed by atoms with Gasteiger partial charge in [-0.05, 0) is 88.5 Å². The van der Waals surface area contributed by atoms with Crippen LogP contribution in [0.1, 0.15) is 73.9 Å². The highest BCUT2D eigenvalue weighted by Crippen LogP contribution is 2.38. The van der Waals surface area contributed by atoms with Crippen LogP contribution in [0, 0.1) is 0 Å². The van der Waals surface area contributed by atoms with Gasteiger partial charge in [-0.15, -0.1) is 11.3 Å². The highest BCUT2D eigenvalue weighted by molar-refractivity contribution is 7.10. The molecule has 2 aliphatic heterocycles. The second kappa shape index (κ2) is 8.06. The molecule has 1 unspecified atom stereocenters. The molecule has 3 aromatic rings. The Morgan fingerprint density at radius 2 is 1.90 bits per heavy atom. The van der Waals surface area contributed by atoms with Gasteiger partial charge in [-0.1, -0.05) is 0 Å². The number of likely N-dealkylation sites (tertiary alicyclic amines) is 1. The van der Waals surface area contributed by atoms with E-state index in [1.54, 1.807) is 11.3 Å². The molecule has 0 radical (unpaired) electrons. The number of hydrogen-bond acceptors (Lipinski definition) is 5. The van der Waals surface area contributed by atoms with Crippen molar-refractivity contribution in [1.82, 2.24) is 25.2 Å². The lowest BCUT2D eigenvalue weighted by molar-refractivity contribution is 0.182. The van der Waals surface area contributed by atoms with Crippen LogP contribution in [-0.4, -0.2) is 45.5 Å². The molecule has 30 heavy (non-hydrogen) atoms. The van der Waals surface area contributed by atoms with E-state index < -0.39 is 0 Å². The number of nitrogens with zero attached hydrogens (tertiary/aromatic N) is 3. The highest BCUT2D eigenvalue weighted by Gasteiger charge is 2.28. The molecular formula is C24H31N5S. The van der Waals surface area contributed by atoms with E-state index in [4.69, 9.17) is 9.97 Å². The first-order chi connectivity index (χ1) is 14.8. The summed E-state index contributed by atoms with van der Waals surface area (Å²) in [4.78, 5) is 15.9. The van der Waals surface area contributed by atoms with Crippen molar-refractivity contribution in [2.75, 3.05) is 19.6 Å². The summed E-state index contributed by atoms with van der Waals surface area (Å²) in [5.74, 6) is 0.650. The molecule has 3 fully saturated rings. The monoisotopic (exact) mass is 421 g/mol. The SMILES string of the molecule is c1nc2[nH]cc(-c3csc(C4CCCN4)n3)c2cc1C1CCC(N2CCCC2)CC1. The molecule has 6 heteroatoms. The lowest BCUT2D eigenvalue weighted by Gasteiger charge is -2.34. The third-order valence-corrected chi connectivity index (χ3v) is 8.49. The van der Waals surface area contributed by atoms with Gasteiger partial charge in [0.05, 0.1) is 11.7 Å². The summed E-state index contributed by atoms with van der Waals surface area (Å²) >= 11 is 1.79. The quantitative estimate of drug-likeness (QED) is 0.605. The first-order valence-corrected chi connectivity index (χ1v) is 12.6. The predicted octanol–water partition coefficient (Wildman–Crippen LogP) is 5.23. The molecule has 0 aromatic carbocycles. The van der Waals surface area contributed by atoms with Gasteiger partial charge < -0.3 is 15.2 Å². The smallest absolute Gasteiger partial charge is 0.137 e. The van der Waals surface area contributed by atoms with Gasteiger partial charge in [-0.25, -0.2) is 9.97 Å². The van der Waals surface area contributed by atoms with Gasteiger partial charge in [0.1, 0.15) is 10.7 Å². The third-order valence-electron chi connectivity index (χ3n) is 7.53. The van der Waals surface area contributed by atoms with Crippen LogP contribution in [0.25, 0.3) is 22.3 Å². The molecule has 5 heterocycles. The summed E-state index contributed by atoms with van der Waals surface area (Å²) < 4.78 is 0. The minimum absolute atomic E-state index is 0.438.